The van der Waals surface area contributed by atoms with Crippen LogP contribution in [0, 0.1) is 5.82 Å². The first-order valence-electron chi connectivity index (χ1n) is 8.00. The summed E-state index contributed by atoms with van der Waals surface area (Å²) in [5.41, 5.74) is 0.319. The summed E-state index contributed by atoms with van der Waals surface area (Å²) in [5.74, 6) is -0.980. The van der Waals surface area contributed by atoms with Crippen LogP contribution in [0.15, 0.2) is 47.4 Å². The molecule has 0 radical (unpaired) electrons. The monoisotopic (exact) mass is 414 g/mol. The lowest BCUT2D eigenvalue weighted by Crippen LogP contribution is -2.36. The van der Waals surface area contributed by atoms with E-state index in [1.165, 1.54) is 56.6 Å². The van der Waals surface area contributed by atoms with Crippen molar-refractivity contribution in [3.05, 3.63) is 58.9 Å². The molecule has 0 saturated carbocycles. The maximum Gasteiger partial charge on any atom is 0.264 e. The quantitative estimate of drug-likeness (QED) is 0.755. The van der Waals surface area contributed by atoms with Gasteiger partial charge in [-0.15, -0.1) is 0 Å². The van der Waals surface area contributed by atoms with Crippen LogP contribution in [0.1, 0.15) is 17.3 Å². The number of methoxy groups -OCH3 is 1. The summed E-state index contributed by atoms with van der Waals surface area (Å²) >= 11 is 6.07. The van der Waals surface area contributed by atoms with Crippen molar-refractivity contribution in [2.75, 3.05) is 25.1 Å². The Bertz CT molecular complexity index is 919. The largest absolute Gasteiger partial charge is 0.383 e. The first-order valence-corrected chi connectivity index (χ1v) is 9.82. The molecule has 1 unspecified atom stereocenters. The van der Waals surface area contributed by atoms with Crippen LogP contribution in [-0.4, -0.2) is 41.1 Å². The van der Waals surface area contributed by atoms with E-state index < -0.39 is 21.7 Å². The van der Waals surface area contributed by atoms with Gasteiger partial charge in [0.2, 0.25) is 0 Å². The average Bonchev–Trinajstić information content (AvgIpc) is 2.62. The van der Waals surface area contributed by atoms with Crippen molar-refractivity contribution in [2.24, 2.45) is 0 Å². The standard InChI is InChI=1S/C18H20ClFN2O4S/c1-12(11-26-3)21-18(23)16-10-15(8-9-17(16)19)27(24,25)22(2)14-6-4-13(20)5-7-14/h4-10,12H,11H2,1-3H3,(H,21,23). The Balaban J connectivity index is 2.35. The third-order valence-corrected chi connectivity index (χ3v) is 5.94. The lowest BCUT2D eigenvalue weighted by molar-refractivity contribution is 0.0905. The molecule has 2 rings (SSSR count). The predicted molar refractivity (Wildman–Crippen MR) is 102 cm³/mol. The summed E-state index contributed by atoms with van der Waals surface area (Å²) < 4.78 is 44.8. The number of rotatable bonds is 7. The zero-order chi connectivity index (χ0) is 20.2. The van der Waals surface area contributed by atoms with Crippen LogP contribution >= 0.6 is 11.6 Å². The summed E-state index contributed by atoms with van der Waals surface area (Å²) in [5, 5.41) is 2.81. The zero-order valence-corrected chi connectivity index (χ0v) is 16.6. The highest BCUT2D eigenvalue weighted by Crippen LogP contribution is 2.26. The molecule has 0 fully saturated rings. The molecule has 0 aliphatic heterocycles. The third-order valence-electron chi connectivity index (χ3n) is 3.83. The number of carbonyl (C=O) groups is 1. The van der Waals surface area contributed by atoms with E-state index in [9.17, 15) is 17.6 Å². The summed E-state index contributed by atoms with van der Waals surface area (Å²) in [6, 6.07) is 8.63. The molecule has 2 aromatic carbocycles. The lowest BCUT2D eigenvalue weighted by Gasteiger charge is -2.20. The highest BCUT2D eigenvalue weighted by atomic mass is 35.5. The van der Waals surface area contributed by atoms with Crippen LogP contribution in [0.5, 0.6) is 0 Å². The molecule has 146 valence electrons. The zero-order valence-electron chi connectivity index (χ0n) is 15.1. The molecule has 9 heteroatoms. The lowest BCUT2D eigenvalue weighted by atomic mass is 10.2. The Labute approximate surface area is 162 Å². The molecule has 0 aliphatic rings. The number of sulfonamides is 1. The fraction of sp³-hybridized carbons (Fsp3) is 0.278. The van der Waals surface area contributed by atoms with Crippen LogP contribution in [0.3, 0.4) is 0 Å². The number of hydrogen-bond acceptors (Lipinski definition) is 4. The van der Waals surface area contributed by atoms with Crippen molar-refractivity contribution in [1.29, 1.82) is 0 Å². The summed E-state index contributed by atoms with van der Waals surface area (Å²) in [7, 11) is -1.12. The predicted octanol–water partition coefficient (Wildman–Crippen LogP) is 3.07. The van der Waals surface area contributed by atoms with Gasteiger partial charge in [-0.25, -0.2) is 12.8 Å². The van der Waals surface area contributed by atoms with Gasteiger partial charge in [0.25, 0.3) is 15.9 Å². The van der Waals surface area contributed by atoms with Gasteiger partial charge in [-0.2, -0.15) is 0 Å². The molecule has 6 nitrogen and oxygen atoms in total. The fourth-order valence-corrected chi connectivity index (χ4v) is 3.81. The van der Waals surface area contributed by atoms with Crippen LogP contribution in [-0.2, 0) is 14.8 Å². The second-order valence-electron chi connectivity index (χ2n) is 5.92. The van der Waals surface area contributed by atoms with Crippen LogP contribution in [0.4, 0.5) is 10.1 Å². The van der Waals surface area contributed by atoms with Crippen LogP contribution < -0.4 is 9.62 Å². The molecule has 1 amide bonds. The van der Waals surface area contributed by atoms with Gasteiger partial charge < -0.3 is 10.1 Å². The summed E-state index contributed by atoms with van der Waals surface area (Å²) in [6.07, 6.45) is 0. The molecular formula is C18H20ClFN2O4S. The smallest absolute Gasteiger partial charge is 0.264 e. The van der Waals surface area contributed by atoms with Crippen molar-refractivity contribution in [1.82, 2.24) is 5.32 Å². The Hall–Kier alpha value is -2.16. The molecule has 1 N–H and O–H groups in total. The molecule has 0 aromatic heterocycles. The number of carbonyl (C=O) groups excluding carboxylic acids is 1. The summed E-state index contributed by atoms with van der Waals surface area (Å²) in [6.45, 7) is 2.05. The minimum atomic E-state index is -3.97. The molecule has 1 atom stereocenters. The van der Waals surface area contributed by atoms with Crippen molar-refractivity contribution in [3.63, 3.8) is 0 Å². The average molecular weight is 415 g/mol. The maximum absolute atomic E-state index is 13.1. The van der Waals surface area contributed by atoms with E-state index >= 15 is 0 Å². The Kier molecular flexibility index (Phi) is 6.80. The minimum Gasteiger partial charge on any atom is -0.383 e. The van der Waals surface area contributed by atoms with Gasteiger partial charge in [-0.05, 0) is 49.4 Å². The van der Waals surface area contributed by atoms with Gasteiger partial charge >= 0.3 is 0 Å². The Morgan fingerprint density at radius 1 is 1.26 bits per heavy atom. The van der Waals surface area contributed by atoms with Crippen LogP contribution in [0.25, 0.3) is 0 Å². The Morgan fingerprint density at radius 2 is 1.89 bits per heavy atom. The summed E-state index contributed by atoms with van der Waals surface area (Å²) in [4.78, 5) is 12.3. The van der Waals surface area contributed by atoms with E-state index in [0.717, 1.165) is 4.31 Å². The number of nitrogens with zero attached hydrogens (tertiary/aromatic N) is 1. The van der Waals surface area contributed by atoms with Crippen molar-refractivity contribution in [2.45, 2.75) is 17.9 Å². The molecule has 0 aliphatic carbocycles. The van der Waals surface area contributed by atoms with Crippen molar-refractivity contribution >= 4 is 33.2 Å². The van der Waals surface area contributed by atoms with Crippen molar-refractivity contribution in [3.8, 4) is 0 Å². The molecule has 0 heterocycles. The number of nitrogens with one attached hydrogen (secondary N) is 1. The molecule has 2 aromatic rings. The maximum atomic E-state index is 13.1. The third kappa shape index (κ3) is 4.97. The SMILES string of the molecule is COCC(C)NC(=O)c1cc(S(=O)(=O)N(C)c2ccc(F)cc2)ccc1Cl. The van der Waals surface area contributed by atoms with E-state index in [2.05, 4.69) is 5.32 Å². The number of halogens is 2. The molecule has 27 heavy (non-hydrogen) atoms. The molecule has 0 saturated heterocycles. The van der Waals surface area contributed by atoms with E-state index in [1.54, 1.807) is 6.92 Å². The number of benzene rings is 2. The van der Waals surface area contributed by atoms with Gasteiger partial charge in [-0.3, -0.25) is 9.10 Å². The minimum absolute atomic E-state index is 0.0354. The second-order valence-corrected chi connectivity index (χ2v) is 8.30. The normalized spacial score (nSPS) is 12.5. The molecular weight excluding hydrogens is 395 g/mol. The first kappa shape index (κ1) is 21.1. The van der Waals surface area contributed by atoms with Gasteiger partial charge in [0, 0.05) is 20.2 Å². The van der Waals surface area contributed by atoms with Gasteiger partial charge in [0.1, 0.15) is 5.82 Å². The number of hydrogen-bond donors (Lipinski definition) is 1. The Morgan fingerprint density at radius 3 is 2.48 bits per heavy atom. The highest BCUT2D eigenvalue weighted by Gasteiger charge is 2.24. The van der Waals surface area contributed by atoms with Gasteiger partial charge in [0.05, 0.1) is 27.8 Å². The topological polar surface area (TPSA) is 75.7 Å². The van der Waals surface area contributed by atoms with E-state index in [4.69, 9.17) is 16.3 Å². The number of ether oxygens (including phenoxy) is 1. The van der Waals surface area contributed by atoms with Gasteiger partial charge in [0.15, 0.2) is 0 Å². The van der Waals surface area contributed by atoms with E-state index in [0.29, 0.717) is 6.61 Å². The first-order chi connectivity index (χ1) is 12.7. The van der Waals surface area contributed by atoms with Crippen LogP contribution in [0.2, 0.25) is 5.02 Å². The van der Waals surface area contributed by atoms with E-state index in [1.807, 2.05) is 0 Å². The van der Waals surface area contributed by atoms with Crippen molar-refractivity contribution < 1.29 is 22.3 Å². The highest BCUT2D eigenvalue weighted by molar-refractivity contribution is 7.92. The van der Waals surface area contributed by atoms with E-state index in [-0.39, 0.29) is 27.2 Å². The fourth-order valence-electron chi connectivity index (χ4n) is 2.38. The number of amides is 1. The van der Waals surface area contributed by atoms with Gasteiger partial charge in [-0.1, -0.05) is 11.6 Å². The number of anilines is 1. The molecule has 0 spiro atoms. The second kappa shape index (κ2) is 8.69. The molecule has 0 bridgehead atoms.